The van der Waals surface area contributed by atoms with Crippen LogP contribution in [0, 0.1) is 0 Å². The van der Waals surface area contributed by atoms with E-state index in [-0.39, 0.29) is 16.5 Å². The van der Waals surface area contributed by atoms with Crippen LogP contribution in [0.15, 0.2) is 60.2 Å². The molecule has 0 radical (unpaired) electrons. The summed E-state index contributed by atoms with van der Waals surface area (Å²) in [5.41, 5.74) is 19.3. The predicted molar refractivity (Wildman–Crippen MR) is 128 cm³/mol. The van der Waals surface area contributed by atoms with Crippen LogP contribution in [-0.2, 0) is 29.3 Å². The van der Waals surface area contributed by atoms with Crippen molar-refractivity contribution < 1.29 is 21.2 Å². The number of allylic oxidation sites excluding steroid dienone is 2. The normalized spacial score (nSPS) is 13.4. The Bertz CT molecular complexity index is 940. The SMILES string of the molecule is CCCCC1=C(c2cccc(CCCC)c2)[N+](=[N-])C(c2cccc(CCCC)c2)=C1.[Ni]. The van der Waals surface area contributed by atoms with Crippen LogP contribution in [0.4, 0.5) is 0 Å². The van der Waals surface area contributed by atoms with Gasteiger partial charge in [0.05, 0.1) is 0 Å². The minimum Gasteiger partial charge on any atom is -0.493 e. The van der Waals surface area contributed by atoms with E-state index in [4.69, 9.17) is 0 Å². The van der Waals surface area contributed by atoms with Crippen LogP contribution in [0.3, 0.4) is 0 Å². The van der Waals surface area contributed by atoms with Gasteiger partial charge in [0.15, 0.2) is 0 Å². The largest absolute Gasteiger partial charge is 0.493 e. The zero-order valence-electron chi connectivity index (χ0n) is 19.3. The summed E-state index contributed by atoms with van der Waals surface area (Å²) in [5.74, 6) is 0. The fourth-order valence-electron chi connectivity index (χ4n) is 4.14. The van der Waals surface area contributed by atoms with Gasteiger partial charge in [-0.2, -0.15) is 0 Å². The molecule has 3 heteroatoms. The van der Waals surface area contributed by atoms with Crippen LogP contribution < -0.4 is 0 Å². The van der Waals surface area contributed by atoms with Crippen molar-refractivity contribution in [3.63, 3.8) is 0 Å². The molecule has 0 spiro atoms. The molecule has 31 heavy (non-hydrogen) atoms. The molecule has 0 fully saturated rings. The zero-order valence-corrected chi connectivity index (χ0v) is 20.3. The minimum atomic E-state index is 0. The Kier molecular flexibility index (Phi) is 10.4. The average molecular weight is 459 g/mol. The molecule has 0 atom stereocenters. The second kappa shape index (κ2) is 12.8. The smallest absolute Gasteiger partial charge is 0.210 e. The molecule has 0 aliphatic carbocycles. The number of unbranched alkanes of at least 4 members (excludes halogenated alkanes) is 3. The maximum atomic E-state index is 11.3. The summed E-state index contributed by atoms with van der Waals surface area (Å²) in [5, 5.41) is 0. The predicted octanol–water partition coefficient (Wildman–Crippen LogP) is 8.36. The second-order valence-corrected chi connectivity index (χ2v) is 8.43. The summed E-state index contributed by atoms with van der Waals surface area (Å²) in [7, 11) is 0. The molecule has 2 aromatic carbocycles. The number of aryl methyl sites for hydroxylation is 2. The number of rotatable bonds is 11. The third-order valence-electron chi connectivity index (χ3n) is 5.92. The molecule has 2 aromatic rings. The van der Waals surface area contributed by atoms with Gasteiger partial charge >= 0.3 is 0 Å². The van der Waals surface area contributed by atoms with Crippen molar-refractivity contribution in [2.24, 2.45) is 0 Å². The van der Waals surface area contributed by atoms with E-state index in [1.54, 1.807) is 0 Å². The monoisotopic (exact) mass is 458 g/mol. The maximum Gasteiger partial charge on any atom is 0.210 e. The van der Waals surface area contributed by atoms with Gasteiger partial charge in [-0.1, -0.05) is 64.3 Å². The van der Waals surface area contributed by atoms with Crippen molar-refractivity contribution in [3.05, 3.63) is 88.0 Å². The Labute approximate surface area is 198 Å². The molecule has 0 saturated carbocycles. The average Bonchev–Trinajstić information content (AvgIpc) is 3.11. The van der Waals surface area contributed by atoms with Gasteiger partial charge in [0, 0.05) is 39.3 Å². The Morgan fingerprint density at radius 1 is 0.710 bits per heavy atom. The molecule has 0 aromatic heterocycles. The standard InChI is InChI=1S/C28H36N2.Ni/c1-4-7-12-22-14-10-17-24(19-22)27-21-26(16-9-6-3)28(30(27)29)25-18-11-15-23(20-25)13-8-5-2;/h10-11,14-15,17-21H,4-9,12-13,16H2,1-3H3;. The summed E-state index contributed by atoms with van der Waals surface area (Å²) >= 11 is 0. The van der Waals surface area contributed by atoms with E-state index in [0.717, 1.165) is 54.6 Å². The number of hydrogen-bond acceptors (Lipinski definition) is 0. The Balaban J connectivity index is 0.00000341. The van der Waals surface area contributed by atoms with E-state index in [1.165, 1.54) is 47.1 Å². The van der Waals surface area contributed by atoms with Crippen LogP contribution in [-0.4, -0.2) is 4.70 Å². The molecule has 0 amide bonds. The molecule has 0 bridgehead atoms. The Morgan fingerprint density at radius 3 is 1.81 bits per heavy atom. The van der Waals surface area contributed by atoms with Crippen LogP contribution >= 0.6 is 0 Å². The molecule has 2 nitrogen and oxygen atoms in total. The van der Waals surface area contributed by atoms with Crippen molar-refractivity contribution in [1.82, 2.24) is 0 Å². The molecular weight excluding hydrogens is 423 g/mol. The molecule has 0 saturated heterocycles. The summed E-state index contributed by atoms with van der Waals surface area (Å²) in [4.78, 5) is 0. The van der Waals surface area contributed by atoms with Gasteiger partial charge in [-0.05, 0) is 73.9 Å². The first-order chi connectivity index (χ1) is 14.7. The first kappa shape index (κ1) is 25.3. The Hall–Kier alpha value is -1.99. The molecule has 0 unspecified atom stereocenters. The molecule has 0 N–H and O–H groups in total. The molecule has 1 heterocycles. The van der Waals surface area contributed by atoms with Gasteiger partial charge in [0.1, 0.15) is 0 Å². The van der Waals surface area contributed by atoms with Crippen LogP contribution in [0.1, 0.15) is 88.0 Å². The van der Waals surface area contributed by atoms with Gasteiger partial charge in [-0.15, -0.1) is 0 Å². The fourth-order valence-corrected chi connectivity index (χ4v) is 4.14. The summed E-state index contributed by atoms with van der Waals surface area (Å²) in [6.45, 7) is 6.68. The van der Waals surface area contributed by atoms with Crippen molar-refractivity contribution in [2.45, 2.75) is 78.6 Å². The van der Waals surface area contributed by atoms with Gasteiger partial charge in [0.2, 0.25) is 11.4 Å². The van der Waals surface area contributed by atoms with Gasteiger partial charge in [0.25, 0.3) is 0 Å². The molecular formula is C28H36N2Ni. The number of nitrogens with zero attached hydrogens (tertiary/aromatic N) is 2. The summed E-state index contributed by atoms with van der Waals surface area (Å²) in [6, 6.07) is 17.4. The van der Waals surface area contributed by atoms with Gasteiger partial charge in [-0.3, -0.25) is 0 Å². The van der Waals surface area contributed by atoms with E-state index < -0.39 is 0 Å². The van der Waals surface area contributed by atoms with Crippen molar-refractivity contribution in [2.75, 3.05) is 0 Å². The first-order valence-corrected chi connectivity index (χ1v) is 11.8. The Morgan fingerprint density at radius 2 is 1.23 bits per heavy atom. The van der Waals surface area contributed by atoms with E-state index >= 15 is 0 Å². The third kappa shape index (κ3) is 6.50. The summed E-state index contributed by atoms with van der Waals surface area (Å²) in [6.07, 6.45) is 12.4. The van der Waals surface area contributed by atoms with Crippen LogP contribution in [0.25, 0.3) is 16.9 Å². The topological polar surface area (TPSA) is 25.3 Å². The van der Waals surface area contributed by atoms with E-state index in [9.17, 15) is 5.53 Å². The van der Waals surface area contributed by atoms with Gasteiger partial charge in [-0.25, -0.2) is 4.70 Å². The fraction of sp³-hybridized carbons (Fsp3) is 0.429. The third-order valence-corrected chi connectivity index (χ3v) is 5.92. The van der Waals surface area contributed by atoms with Crippen molar-refractivity contribution in [3.8, 4) is 0 Å². The summed E-state index contributed by atoms with van der Waals surface area (Å²) < 4.78 is 1.43. The van der Waals surface area contributed by atoms with E-state index in [2.05, 4.69) is 75.4 Å². The maximum absolute atomic E-state index is 11.3. The number of hydrogen-bond donors (Lipinski definition) is 0. The molecule has 3 rings (SSSR count). The van der Waals surface area contributed by atoms with Crippen molar-refractivity contribution in [1.29, 1.82) is 0 Å². The van der Waals surface area contributed by atoms with Gasteiger partial charge < -0.3 is 5.53 Å². The molecule has 168 valence electrons. The van der Waals surface area contributed by atoms with Crippen LogP contribution in [0.5, 0.6) is 0 Å². The van der Waals surface area contributed by atoms with E-state index in [1.807, 2.05) is 0 Å². The van der Waals surface area contributed by atoms with E-state index in [0.29, 0.717) is 0 Å². The quantitative estimate of drug-likeness (QED) is 0.238. The number of benzene rings is 2. The zero-order chi connectivity index (χ0) is 21.3. The molecule has 1 aliphatic rings. The first-order valence-electron chi connectivity index (χ1n) is 11.8. The second-order valence-electron chi connectivity index (χ2n) is 8.43. The minimum absolute atomic E-state index is 0. The van der Waals surface area contributed by atoms with Crippen LogP contribution in [0.2, 0.25) is 0 Å². The van der Waals surface area contributed by atoms with Crippen molar-refractivity contribution >= 4 is 11.4 Å². The molecule has 1 aliphatic heterocycles.